The number of carbonyl (C=O) groups excluding carboxylic acids is 1. The monoisotopic (exact) mass is 269 g/mol. The molecule has 2 aliphatic heterocycles. The standard InChI is InChI=1S/C15H12FN3O/c16-13-5-11(6-17-8-13)10-3-9-1-2-19-14(9)12(4-10)7-18-15(19)20/h3-6,8H,1-2,7H2,(H,18,20). The third-order valence-corrected chi connectivity index (χ3v) is 3.86. The highest BCUT2D eigenvalue weighted by atomic mass is 19.1. The number of carbonyl (C=O) groups is 1. The van der Waals surface area contributed by atoms with Crippen LogP contribution in [0, 0.1) is 5.82 Å². The molecule has 20 heavy (non-hydrogen) atoms. The van der Waals surface area contributed by atoms with Gasteiger partial charge in [-0.15, -0.1) is 0 Å². The van der Waals surface area contributed by atoms with Crippen LogP contribution in [0.5, 0.6) is 0 Å². The molecule has 5 heteroatoms. The second-order valence-electron chi connectivity index (χ2n) is 5.10. The van der Waals surface area contributed by atoms with E-state index in [9.17, 15) is 9.18 Å². The first-order valence-corrected chi connectivity index (χ1v) is 6.54. The van der Waals surface area contributed by atoms with Crippen LogP contribution in [-0.2, 0) is 13.0 Å². The molecule has 0 saturated carbocycles. The van der Waals surface area contributed by atoms with Gasteiger partial charge in [0.15, 0.2) is 0 Å². The summed E-state index contributed by atoms with van der Waals surface area (Å²) in [5.41, 5.74) is 4.97. The number of aromatic nitrogens is 1. The van der Waals surface area contributed by atoms with E-state index in [-0.39, 0.29) is 11.8 Å². The van der Waals surface area contributed by atoms with Crippen LogP contribution in [0.2, 0.25) is 0 Å². The summed E-state index contributed by atoms with van der Waals surface area (Å²) in [7, 11) is 0. The third kappa shape index (κ3) is 1.59. The van der Waals surface area contributed by atoms with Crippen molar-refractivity contribution in [3.63, 3.8) is 0 Å². The van der Waals surface area contributed by atoms with E-state index >= 15 is 0 Å². The summed E-state index contributed by atoms with van der Waals surface area (Å²) >= 11 is 0. The molecule has 0 spiro atoms. The molecule has 4 rings (SSSR count). The molecule has 1 aromatic carbocycles. The first-order chi connectivity index (χ1) is 9.72. The second-order valence-corrected chi connectivity index (χ2v) is 5.10. The number of hydrogen-bond acceptors (Lipinski definition) is 2. The maximum absolute atomic E-state index is 13.3. The molecule has 0 aliphatic carbocycles. The van der Waals surface area contributed by atoms with Gasteiger partial charge in [0.2, 0.25) is 0 Å². The smallest absolute Gasteiger partial charge is 0.322 e. The van der Waals surface area contributed by atoms with Crippen LogP contribution in [-0.4, -0.2) is 17.6 Å². The van der Waals surface area contributed by atoms with Gasteiger partial charge in [-0.2, -0.15) is 0 Å². The molecule has 100 valence electrons. The number of nitrogens with one attached hydrogen (secondary N) is 1. The molecule has 0 saturated heterocycles. The van der Waals surface area contributed by atoms with Crippen molar-refractivity contribution in [3.05, 3.63) is 47.5 Å². The second kappa shape index (κ2) is 4.03. The van der Waals surface area contributed by atoms with E-state index in [1.165, 1.54) is 12.3 Å². The lowest BCUT2D eigenvalue weighted by Gasteiger charge is -2.26. The zero-order chi connectivity index (χ0) is 13.7. The van der Waals surface area contributed by atoms with Crippen LogP contribution in [0.3, 0.4) is 0 Å². The molecule has 0 atom stereocenters. The summed E-state index contributed by atoms with van der Waals surface area (Å²) in [6.45, 7) is 1.23. The Kier molecular flexibility index (Phi) is 2.30. The van der Waals surface area contributed by atoms with Crippen LogP contribution < -0.4 is 10.2 Å². The highest BCUT2D eigenvalue weighted by molar-refractivity contribution is 5.97. The highest BCUT2D eigenvalue weighted by Gasteiger charge is 2.31. The van der Waals surface area contributed by atoms with Crippen molar-refractivity contribution in [2.45, 2.75) is 13.0 Å². The molecule has 1 aromatic heterocycles. The Labute approximate surface area is 115 Å². The SMILES string of the molecule is O=C1NCc2cc(-c3cncc(F)c3)cc3c2N1CC3. The summed E-state index contributed by atoms with van der Waals surface area (Å²) in [6, 6.07) is 5.49. The number of anilines is 1. The molecule has 3 heterocycles. The number of benzene rings is 1. The Bertz CT molecular complexity index is 729. The van der Waals surface area contributed by atoms with Crippen molar-refractivity contribution in [2.24, 2.45) is 0 Å². The number of halogens is 1. The topological polar surface area (TPSA) is 45.2 Å². The van der Waals surface area contributed by atoms with E-state index in [1.807, 2.05) is 12.1 Å². The van der Waals surface area contributed by atoms with Gasteiger partial charge in [0.25, 0.3) is 0 Å². The maximum atomic E-state index is 13.3. The minimum Gasteiger partial charge on any atom is -0.334 e. The fraction of sp³-hybridized carbons (Fsp3) is 0.200. The Morgan fingerprint density at radius 1 is 1.15 bits per heavy atom. The van der Waals surface area contributed by atoms with Gasteiger partial charge >= 0.3 is 6.03 Å². The van der Waals surface area contributed by atoms with Gasteiger partial charge < -0.3 is 5.32 Å². The number of rotatable bonds is 1. The first kappa shape index (κ1) is 11.4. The Morgan fingerprint density at radius 3 is 2.85 bits per heavy atom. The van der Waals surface area contributed by atoms with Crippen molar-refractivity contribution in [2.75, 3.05) is 11.4 Å². The summed E-state index contributed by atoms with van der Waals surface area (Å²) in [4.78, 5) is 17.5. The first-order valence-electron chi connectivity index (χ1n) is 6.54. The molecule has 0 fully saturated rings. The fourth-order valence-electron chi connectivity index (χ4n) is 2.98. The van der Waals surface area contributed by atoms with Crippen molar-refractivity contribution in [1.82, 2.24) is 10.3 Å². The van der Waals surface area contributed by atoms with Gasteiger partial charge in [-0.3, -0.25) is 9.88 Å². The number of nitrogens with zero attached hydrogens (tertiary/aromatic N) is 2. The van der Waals surface area contributed by atoms with Crippen LogP contribution in [0.15, 0.2) is 30.6 Å². The predicted octanol–water partition coefficient (Wildman–Crippen LogP) is 2.47. The molecule has 4 nitrogen and oxygen atoms in total. The summed E-state index contributed by atoms with van der Waals surface area (Å²) in [5.74, 6) is -0.341. The zero-order valence-corrected chi connectivity index (χ0v) is 10.7. The van der Waals surface area contributed by atoms with Gasteiger partial charge in [-0.1, -0.05) is 0 Å². The average Bonchev–Trinajstić information content (AvgIpc) is 2.88. The van der Waals surface area contributed by atoms with Crippen molar-refractivity contribution >= 4 is 11.7 Å². The van der Waals surface area contributed by atoms with Crippen LogP contribution >= 0.6 is 0 Å². The molecule has 1 N–H and O–H groups in total. The number of pyridine rings is 1. The highest BCUT2D eigenvalue weighted by Crippen LogP contribution is 2.37. The van der Waals surface area contributed by atoms with Gasteiger partial charge in [-0.05, 0) is 41.3 Å². The van der Waals surface area contributed by atoms with Crippen molar-refractivity contribution in [3.8, 4) is 11.1 Å². The molecule has 2 aliphatic rings. The summed E-state index contributed by atoms with van der Waals surface area (Å²) < 4.78 is 13.3. The maximum Gasteiger partial charge on any atom is 0.322 e. The Balaban J connectivity index is 1.87. The van der Waals surface area contributed by atoms with E-state index in [0.29, 0.717) is 13.1 Å². The van der Waals surface area contributed by atoms with Gasteiger partial charge in [0.05, 0.1) is 11.9 Å². The minimum absolute atomic E-state index is 0.0311. The summed E-state index contributed by atoms with van der Waals surface area (Å²) in [5, 5.41) is 2.86. The number of hydrogen-bond donors (Lipinski definition) is 1. The molecule has 2 aromatic rings. The van der Waals surface area contributed by atoms with Crippen LogP contribution in [0.1, 0.15) is 11.1 Å². The molecule has 0 radical (unpaired) electrons. The van der Waals surface area contributed by atoms with E-state index in [1.54, 1.807) is 11.1 Å². The van der Waals surface area contributed by atoms with Gasteiger partial charge in [-0.25, -0.2) is 9.18 Å². The molecular formula is C15H12FN3O. The lowest BCUT2D eigenvalue weighted by Crippen LogP contribution is -2.42. The lowest BCUT2D eigenvalue weighted by atomic mass is 9.98. The van der Waals surface area contributed by atoms with Crippen molar-refractivity contribution < 1.29 is 9.18 Å². The van der Waals surface area contributed by atoms with Crippen LogP contribution in [0.25, 0.3) is 11.1 Å². The molecule has 2 amide bonds. The normalized spacial score (nSPS) is 16.1. The lowest BCUT2D eigenvalue weighted by molar-refractivity contribution is 0.245. The molecular weight excluding hydrogens is 257 g/mol. The van der Waals surface area contributed by atoms with E-state index in [2.05, 4.69) is 10.3 Å². The van der Waals surface area contributed by atoms with Gasteiger partial charge in [0.1, 0.15) is 5.82 Å². The molecule has 0 unspecified atom stereocenters. The largest absolute Gasteiger partial charge is 0.334 e. The average molecular weight is 269 g/mol. The fourth-order valence-corrected chi connectivity index (χ4v) is 2.98. The van der Waals surface area contributed by atoms with Gasteiger partial charge in [0, 0.05) is 24.8 Å². The van der Waals surface area contributed by atoms with E-state index < -0.39 is 0 Å². The Hall–Kier alpha value is -2.43. The quantitative estimate of drug-likeness (QED) is 0.864. The van der Waals surface area contributed by atoms with E-state index in [0.717, 1.165) is 34.4 Å². The number of urea groups is 1. The number of amides is 2. The van der Waals surface area contributed by atoms with Crippen molar-refractivity contribution in [1.29, 1.82) is 0 Å². The van der Waals surface area contributed by atoms with E-state index in [4.69, 9.17) is 0 Å². The van der Waals surface area contributed by atoms with Crippen LogP contribution in [0.4, 0.5) is 14.9 Å². The third-order valence-electron chi connectivity index (χ3n) is 3.86. The Morgan fingerprint density at radius 2 is 2.00 bits per heavy atom. The summed E-state index contributed by atoms with van der Waals surface area (Å²) in [6.07, 6.45) is 3.70. The predicted molar refractivity (Wildman–Crippen MR) is 72.9 cm³/mol. The zero-order valence-electron chi connectivity index (χ0n) is 10.7. The minimum atomic E-state index is -0.341. The molecule has 0 bridgehead atoms.